The van der Waals surface area contributed by atoms with Crippen molar-refractivity contribution in [1.29, 1.82) is 0 Å². The summed E-state index contributed by atoms with van der Waals surface area (Å²) in [5, 5.41) is 25.6. The van der Waals surface area contributed by atoms with Gasteiger partial charge in [-0.2, -0.15) is 5.06 Å². The molecule has 1 saturated carbocycles. The van der Waals surface area contributed by atoms with Gasteiger partial charge in [-0.05, 0) is 36.1 Å². The number of hydroxylamine groups is 2. The highest BCUT2D eigenvalue weighted by Gasteiger charge is 2.31. The molecule has 3 N–H and O–H groups in total. The van der Waals surface area contributed by atoms with Gasteiger partial charge in [-0.3, -0.25) is 4.90 Å². The fourth-order valence-electron chi connectivity index (χ4n) is 4.61. The minimum absolute atomic E-state index is 0.304. The summed E-state index contributed by atoms with van der Waals surface area (Å²) in [6, 6.07) is 12.3. The molecule has 1 aliphatic heterocycles. The number of hydrogen-bond donors (Lipinski definition) is 3. The van der Waals surface area contributed by atoms with Crippen LogP contribution in [0, 0.1) is 0 Å². The topological polar surface area (TPSA) is 81.1 Å². The number of hydrogen-bond acceptors (Lipinski definition) is 7. The molecule has 174 valence electrons. The summed E-state index contributed by atoms with van der Waals surface area (Å²) in [4.78, 5) is 6.95. The molecule has 2 aliphatic rings. The molecule has 2 heterocycles. The average molecular weight is 441 g/mol. The lowest BCUT2D eigenvalue weighted by Crippen LogP contribution is -2.42. The van der Waals surface area contributed by atoms with E-state index in [2.05, 4.69) is 33.4 Å². The van der Waals surface area contributed by atoms with Gasteiger partial charge in [0.2, 0.25) is 0 Å². The SMILES string of the molecule is ON(Cc1ccc(-c2ccc(NCCN3CCOCC3)nc2)cc1)CC1(O)CCCCC1. The maximum atomic E-state index is 10.6. The molecule has 4 rings (SSSR count). The van der Waals surface area contributed by atoms with E-state index in [9.17, 15) is 10.3 Å². The molecule has 2 fully saturated rings. The molecule has 0 amide bonds. The van der Waals surface area contributed by atoms with Crippen LogP contribution in [0.4, 0.5) is 5.82 Å². The Labute approximate surface area is 191 Å². The summed E-state index contributed by atoms with van der Waals surface area (Å²) < 4.78 is 5.38. The molecule has 1 aromatic heterocycles. The average Bonchev–Trinajstić information content (AvgIpc) is 2.81. The second-order valence-corrected chi connectivity index (χ2v) is 9.12. The summed E-state index contributed by atoms with van der Waals surface area (Å²) in [5.41, 5.74) is 2.42. The van der Waals surface area contributed by atoms with E-state index in [1.165, 1.54) is 11.5 Å². The predicted molar refractivity (Wildman–Crippen MR) is 126 cm³/mol. The third-order valence-corrected chi connectivity index (χ3v) is 6.51. The third-order valence-electron chi connectivity index (χ3n) is 6.51. The van der Waals surface area contributed by atoms with E-state index in [1.54, 1.807) is 0 Å². The van der Waals surface area contributed by atoms with Crippen LogP contribution in [0.3, 0.4) is 0 Å². The van der Waals surface area contributed by atoms with Crippen molar-refractivity contribution < 1.29 is 15.1 Å². The van der Waals surface area contributed by atoms with Crippen LogP contribution in [0.2, 0.25) is 0 Å². The number of morpholine rings is 1. The Morgan fingerprint density at radius 3 is 2.41 bits per heavy atom. The van der Waals surface area contributed by atoms with Crippen molar-refractivity contribution in [2.45, 2.75) is 44.2 Å². The maximum Gasteiger partial charge on any atom is 0.125 e. The quantitative estimate of drug-likeness (QED) is 0.516. The van der Waals surface area contributed by atoms with Gasteiger partial charge in [0.05, 0.1) is 25.4 Å². The number of nitrogens with one attached hydrogen (secondary N) is 1. The molecule has 7 nitrogen and oxygen atoms in total. The standard InChI is InChI=1S/C25H36N4O3/c30-25(10-2-1-3-11-25)20-29(31)19-21-4-6-22(7-5-21)23-8-9-24(27-18-23)26-12-13-28-14-16-32-17-15-28/h4-9,18,30-31H,1-3,10-17,19-20H2,(H,26,27). The largest absolute Gasteiger partial charge is 0.388 e. The van der Waals surface area contributed by atoms with Crippen molar-refractivity contribution in [3.05, 3.63) is 48.2 Å². The summed E-state index contributed by atoms with van der Waals surface area (Å²) >= 11 is 0. The summed E-state index contributed by atoms with van der Waals surface area (Å²) in [6.45, 7) is 6.22. The van der Waals surface area contributed by atoms with Crippen LogP contribution in [0.25, 0.3) is 11.1 Å². The van der Waals surface area contributed by atoms with E-state index < -0.39 is 5.60 Å². The molecular weight excluding hydrogens is 404 g/mol. The molecule has 32 heavy (non-hydrogen) atoms. The number of pyridine rings is 1. The summed E-state index contributed by atoms with van der Waals surface area (Å²) in [7, 11) is 0. The zero-order chi connectivity index (χ0) is 22.2. The Balaban J connectivity index is 1.25. The van der Waals surface area contributed by atoms with E-state index in [4.69, 9.17) is 4.74 Å². The number of anilines is 1. The molecule has 0 radical (unpaired) electrons. The number of benzene rings is 1. The first-order chi connectivity index (χ1) is 15.6. The highest BCUT2D eigenvalue weighted by Crippen LogP contribution is 2.29. The molecule has 0 atom stereocenters. The summed E-state index contributed by atoms with van der Waals surface area (Å²) in [6.07, 6.45) is 6.69. The Morgan fingerprint density at radius 2 is 1.72 bits per heavy atom. The van der Waals surface area contributed by atoms with Crippen molar-refractivity contribution in [3.8, 4) is 11.1 Å². The van der Waals surface area contributed by atoms with Gasteiger partial charge in [-0.1, -0.05) is 43.5 Å². The number of nitrogens with zero attached hydrogens (tertiary/aromatic N) is 3. The third kappa shape index (κ3) is 6.73. The van der Waals surface area contributed by atoms with Crippen molar-refractivity contribution in [3.63, 3.8) is 0 Å². The predicted octanol–water partition coefficient (Wildman–Crippen LogP) is 3.38. The number of rotatable bonds is 9. The van der Waals surface area contributed by atoms with Crippen LogP contribution < -0.4 is 5.32 Å². The van der Waals surface area contributed by atoms with Crippen molar-refractivity contribution in [1.82, 2.24) is 14.9 Å². The fraction of sp³-hybridized carbons (Fsp3) is 0.560. The van der Waals surface area contributed by atoms with E-state index >= 15 is 0 Å². The van der Waals surface area contributed by atoms with Crippen LogP contribution in [-0.2, 0) is 11.3 Å². The second kappa shape index (κ2) is 11.2. The lowest BCUT2D eigenvalue weighted by atomic mass is 9.85. The van der Waals surface area contributed by atoms with Crippen molar-refractivity contribution >= 4 is 5.82 Å². The van der Waals surface area contributed by atoms with Gasteiger partial charge in [0.25, 0.3) is 0 Å². The lowest BCUT2D eigenvalue weighted by molar-refractivity contribution is -0.154. The Hall–Kier alpha value is -2.03. The number of aromatic nitrogens is 1. The van der Waals surface area contributed by atoms with E-state index in [0.29, 0.717) is 13.1 Å². The van der Waals surface area contributed by atoms with E-state index in [-0.39, 0.29) is 0 Å². The zero-order valence-electron chi connectivity index (χ0n) is 18.9. The molecule has 1 aliphatic carbocycles. The highest BCUT2D eigenvalue weighted by atomic mass is 16.5. The van der Waals surface area contributed by atoms with Crippen LogP contribution in [0.15, 0.2) is 42.6 Å². The van der Waals surface area contributed by atoms with Gasteiger partial charge in [-0.15, -0.1) is 0 Å². The fourth-order valence-corrected chi connectivity index (χ4v) is 4.61. The van der Waals surface area contributed by atoms with E-state index in [0.717, 1.165) is 87.6 Å². The van der Waals surface area contributed by atoms with Gasteiger partial charge in [0.15, 0.2) is 0 Å². The normalized spacial score (nSPS) is 19.2. The van der Waals surface area contributed by atoms with Gasteiger partial charge in [0.1, 0.15) is 5.82 Å². The molecule has 0 spiro atoms. The minimum atomic E-state index is -0.753. The zero-order valence-corrected chi connectivity index (χ0v) is 18.9. The number of aliphatic hydroxyl groups is 1. The molecule has 7 heteroatoms. The lowest BCUT2D eigenvalue weighted by Gasteiger charge is -2.34. The molecule has 1 saturated heterocycles. The summed E-state index contributed by atoms with van der Waals surface area (Å²) in [5.74, 6) is 0.884. The Kier molecular flexibility index (Phi) is 8.10. The molecular formula is C25H36N4O3. The maximum absolute atomic E-state index is 10.6. The Morgan fingerprint density at radius 1 is 1.00 bits per heavy atom. The monoisotopic (exact) mass is 440 g/mol. The highest BCUT2D eigenvalue weighted by molar-refractivity contribution is 5.64. The molecule has 0 bridgehead atoms. The minimum Gasteiger partial charge on any atom is -0.388 e. The molecule has 1 aromatic carbocycles. The Bertz CT molecular complexity index is 816. The molecule has 2 aromatic rings. The first-order valence-corrected chi connectivity index (χ1v) is 11.9. The van der Waals surface area contributed by atoms with Crippen LogP contribution in [-0.4, -0.2) is 76.8 Å². The second-order valence-electron chi connectivity index (χ2n) is 9.12. The van der Waals surface area contributed by atoms with Gasteiger partial charge in [0, 0.05) is 44.5 Å². The van der Waals surface area contributed by atoms with Crippen molar-refractivity contribution in [2.75, 3.05) is 51.3 Å². The first kappa shape index (κ1) is 23.1. The van der Waals surface area contributed by atoms with E-state index in [1.807, 2.05) is 24.4 Å². The van der Waals surface area contributed by atoms with Gasteiger partial charge < -0.3 is 20.4 Å². The smallest absolute Gasteiger partial charge is 0.125 e. The first-order valence-electron chi connectivity index (χ1n) is 11.9. The molecule has 0 unspecified atom stereocenters. The van der Waals surface area contributed by atoms with Crippen LogP contribution in [0.5, 0.6) is 0 Å². The number of ether oxygens (including phenoxy) is 1. The van der Waals surface area contributed by atoms with Gasteiger partial charge >= 0.3 is 0 Å². The van der Waals surface area contributed by atoms with Crippen LogP contribution >= 0.6 is 0 Å². The van der Waals surface area contributed by atoms with Crippen molar-refractivity contribution in [2.24, 2.45) is 0 Å². The van der Waals surface area contributed by atoms with Gasteiger partial charge in [-0.25, -0.2) is 4.98 Å². The van der Waals surface area contributed by atoms with Crippen LogP contribution in [0.1, 0.15) is 37.7 Å².